The Morgan fingerprint density at radius 1 is 1.17 bits per heavy atom. The maximum absolute atomic E-state index is 12.5. The summed E-state index contributed by atoms with van der Waals surface area (Å²) in [5.41, 5.74) is 5.30. The highest BCUT2D eigenvalue weighted by molar-refractivity contribution is 7.89. The van der Waals surface area contributed by atoms with Crippen molar-refractivity contribution in [2.45, 2.75) is 43.0 Å². The first-order chi connectivity index (χ1) is 11.0. The maximum Gasteiger partial charge on any atom is 0.241 e. The van der Waals surface area contributed by atoms with E-state index in [1.807, 2.05) is 6.92 Å². The van der Waals surface area contributed by atoms with Gasteiger partial charge < -0.3 is 15.2 Å². The van der Waals surface area contributed by atoms with E-state index in [4.69, 9.17) is 15.2 Å². The lowest BCUT2D eigenvalue weighted by atomic mass is 10.0. The summed E-state index contributed by atoms with van der Waals surface area (Å²) in [6.45, 7) is 3.84. The molecule has 0 heterocycles. The van der Waals surface area contributed by atoms with Crippen LogP contribution in [-0.4, -0.2) is 40.3 Å². The van der Waals surface area contributed by atoms with E-state index in [2.05, 4.69) is 4.72 Å². The zero-order valence-corrected chi connectivity index (χ0v) is 14.4. The van der Waals surface area contributed by atoms with Crippen LogP contribution in [-0.2, 0) is 14.8 Å². The predicted octanol–water partition coefficient (Wildman–Crippen LogP) is 1.65. The molecule has 23 heavy (non-hydrogen) atoms. The largest absolute Gasteiger partial charge is 0.491 e. The molecule has 6 nitrogen and oxygen atoms in total. The summed E-state index contributed by atoms with van der Waals surface area (Å²) in [6.07, 6.45) is 3.60. The number of nitrogens with one attached hydrogen (secondary N) is 1. The van der Waals surface area contributed by atoms with Crippen LogP contribution in [0, 0.1) is 0 Å². The average molecular weight is 342 g/mol. The first-order valence-corrected chi connectivity index (χ1v) is 9.54. The Labute approximate surface area is 138 Å². The van der Waals surface area contributed by atoms with Crippen LogP contribution in [0.15, 0.2) is 29.2 Å². The van der Waals surface area contributed by atoms with Gasteiger partial charge in [0.15, 0.2) is 0 Å². The smallest absolute Gasteiger partial charge is 0.241 e. The van der Waals surface area contributed by atoms with E-state index >= 15 is 0 Å². The van der Waals surface area contributed by atoms with Crippen LogP contribution in [0.4, 0.5) is 0 Å². The maximum atomic E-state index is 12.5. The minimum absolute atomic E-state index is 0.231. The van der Waals surface area contributed by atoms with Crippen molar-refractivity contribution >= 4 is 10.0 Å². The Morgan fingerprint density at radius 2 is 1.83 bits per heavy atom. The van der Waals surface area contributed by atoms with E-state index in [9.17, 15) is 8.42 Å². The van der Waals surface area contributed by atoms with Crippen molar-refractivity contribution in [2.24, 2.45) is 5.73 Å². The molecule has 0 aromatic heterocycles. The number of rotatable bonds is 9. The molecule has 1 fully saturated rings. The highest BCUT2D eigenvalue weighted by Gasteiger charge is 2.36. The third-order valence-corrected chi connectivity index (χ3v) is 5.73. The van der Waals surface area contributed by atoms with E-state index < -0.39 is 15.6 Å². The summed E-state index contributed by atoms with van der Waals surface area (Å²) in [5.74, 6) is 0.623. The van der Waals surface area contributed by atoms with Gasteiger partial charge in [-0.25, -0.2) is 13.1 Å². The SMILES string of the molecule is CCOCCOc1ccc(S(=O)(=O)NC2(CN)CCCC2)cc1. The van der Waals surface area contributed by atoms with Crippen LogP contribution >= 0.6 is 0 Å². The molecule has 1 aromatic carbocycles. The fourth-order valence-corrected chi connectivity index (χ4v) is 4.29. The van der Waals surface area contributed by atoms with E-state index in [1.54, 1.807) is 24.3 Å². The Balaban J connectivity index is 1.99. The molecule has 0 unspecified atom stereocenters. The highest BCUT2D eigenvalue weighted by atomic mass is 32.2. The van der Waals surface area contributed by atoms with E-state index in [1.165, 1.54) is 0 Å². The molecular weight excluding hydrogens is 316 g/mol. The predicted molar refractivity (Wildman–Crippen MR) is 89.0 cm³/mol. The minimum atomic E-state index is -3.57. The molecule has 1 aliphatic carbocycles. The van der Waals surface area contributed by atoms with Gasteiger partial charge in [-0.1, -0.05) is 12.8 Å². The quantitative estimate of drug-likeness (QED) is 0.666. The molecule has 0 amide bonds. The van der Waals surface area contributed by atoms with Gasteiger partial charge in [-0.15, -0.1) is 0 Å². The topological polar surface area (TPSA) is 90.6 Å². The number of nitrogens with two attached hydrogens (primary N) is 1. The van der Waals surface area contributed by atoms with Crippen LogP contribution < -0.4 is 15.2 Å². The van der Waals surface area contributed by atoms with Crippen LogP contribution in [0.3, 0.4) is 0 Å². The second-order valence-electron chi connectivity index (χ2n) is 5.81. The molecule has 1 saturated carbocycles. The summed E-state index contributed by atoms with van der Waals surface area (Å²) in [7, 11) is -3.57. The number of benzene rings is 1. The fraction of sp³-hybridized carbons (Fsp3) is 0.625. The molecule has 7 heteroatoms. The van der Waals surface area contributed by atoms with Crippen LogP contribution in [0.2, 0.25) is 0 Å². The lowest BCUT2D eigenvalue weighted by Gasteiger charge is -2.28. The van der Waals surface area contributed by atoms with Gasteiger partial charge in [0, 0.05) is 18.7 Å². The van der Waals surface area contributed by atoms with E-state index in [0.717, 1.165) is 25.7 Å². The molecule has 0 bridgehead atoms. The van der Waals surface area contributed by atoms with Gasteiger partial charge in [-0.05, 0) is 44.0 Å². The van der Waals surface area contributed by atoms with Crippen molar-refractivity contribution in [3.8, 4) is 5.75 Å². The molecule has 0 saturated heterocycles. The van der Waals surface area contributed by atoms with E-state index in [-0.39, 0.29) is 4.90 Å². The highest BCUT2D eigenvalue weighted by Crippen LogP contribution is 2.30. The van der Waals surface area contributed by atoms with Crippen LogP contribution in [0.25, 0.3) is 0 Å². The lowest BCUT2D eigenvalue weighted by Crippen LogP contribution is -2.51. The molecule has 3 N–H and O–H groups in total. The number of hydrogen-bond acceptors (Lipinski definition) is 5. The Morgan fingerprint density at radius 3 is 2.39 bits per heavy atom. The van der Waals surface area contributed by atoms with Crippen molar-refractivity contribution in [3.63, 3.8) is 0 Å². The monoisotopic (exact) mass is 342 g/mol. The Kier molecular flexibility index (Phi) is 6.41. The zero-order valence-electron chi connectivity index (χ0n) is 13.6. The van der Waals surface area contributed by atoms with Crippen LogP contribution in [0.5, 0.6) is 5.75 Å². The van der Waals surface area contributed by atoms with Gasteiger partial charge in [0.25, 0.3) is 0 Å². The van der Waals surface area contributed by atoms with Crippen molar-refractivity contribution < 1.29 is 17.9 Å². The zero-order chi connectivity index (χ0) is 16.8. The third kappa shape index (κ3) is 4.91. The summed E-state index contributed by atoms with van der Waals surface area (Å²) >= 11 is 0. The molecule has 0 radical (unpaired) electrons. The van der Waals surface area contributed by atoms with Gasteiger partial charge in [-0.3, -0.25) is 0 Å². The average Bonchev–Trinajstić information content (AvgIpc) is 3.00. The normalized spacial score (nSPS) is 17.3. The lowest BCUT2D eigenvalue weighted by molar-refractivity contribution is 0.110. The number of sulfonamides is 1. The first-order valence-electron chi connectivity index (χ1n) is 8.06. The van der Waals surface area contributed by atoms with Crippen molar-refractivity contribution in [2.75, 3.05) is 26.4 Å². The Hall–Kier alpha value is -1.15. The minimum Gasteiger partial charge on any atom is -0.491 e. The molecule has 0 spiro atoms. The number of hydrogen-bond donors (Lipinski definition) is 2. The summed E-state index contributed by atoms with van der Waals surface area (Å²) < 4.78 is 38.5. The molecule has 0 atom stereocenters. The van der Waals surface area contributed by atoms with Gasteiger partial charge in [0.1, 0.15) is 12.4 Å². The molecule has 1 aliphatic rings. The summed E-state index contributed by atoms with van der Waals surface area (Å²) in [5, 5.41) is 0. The first kappa shape index (κ1) is 18.2. The third-order valence-electron chi connectivity index (χ3n) is 4.14. The second kappa shape index (κ2) is 8.10. The van der Waals surface area contributed by atoms with Crippen molar-refractivity contribution in [1.82, 2.24) is 4.72 Å². The molecule has 130 valence electrons. The fourth-order valence-electron chi connectivity index (χ4n) is 2.82. The Bertz CT molecular complexity index is 581. The molecular formula is C16H26N2O4S. The molecule has 0 aliphatic heterocycles. The van der Waals surface area contributed by atoms with Crippen molar-refractivity contribution in [1.29, 1.82) is 0 Å². The molecule has 2 rings (SSSR count). The summed E-state index contributed by atoms with van der Waals surface area (Å²) in [4.78, 5) is 0.231. The number of ether oxygens (including phenoxy) is 2. The van der Waals surface area contributed by atoms with E-state index in [0.29, 0.717) is 32.1 Å². The van der Waals surface area contributed by atoms with Gasteiger partial charge in [-0.2, -0.15) is 0 Å². The van der Waals surface area contributed by atoms with Crippen molar-refractivity contribution in [3.05, 3.63) is 24.3 Å². The second-order valence-corrected chi connectivity index (χ2v) is 7.50. The van der Waals surface area contributed by atoms with Crippen LogP contribution in [0.1, 0.15) is 32.6 Å². The van der Waals surface area contributed by atoms with Gasteiger partial charge >= 0.3 is 0 Å². The standard InChI is InChI=1S/C16H26N2O4S/c1-2-21-11-12-22-14-5-7-15(8-6-14)23(19,20)18-16(13-17)9-3-4-10-16/h5-8,18H,2-4,9-13,17H2,1H3. The molecule has 1 aromatic rings. The summed E-state index contributed by atoms with van der Waals surface area (Å²) in [6, 6.07) is 6.42. The van der Waals surface area contributed by atoms with Gasteiger partial charge in [0.2, 0.25) is 10.0 Å². The van der Waals surface area contributed by atoms with Gasteiger partial charge in [0.05, 0.1) is 11.5 Å².